The van der Waals surface area contributed by atoms with Crippen molar-refractivity contribution in [3.05, 3.63) is 48.3 Å². The number of nitrogens with zero attached hydrogens (tertiary/aromatic N) is 2. The number of carboxylic acid groups (broad SMARTS) is 1. The van der Waals surface area contributed by atoms with E-state index in [1.807, 2.05) is 30.3 Å². The Labute approximate surface area is 120 Å². The number of ether oxygens (including phenoxy) is 2. The molecule has 0 fully saturated rings. The van der Waals surface area contributed by atoms with E-state index in [1.165, 1.54) is 17.1 Å². The Morgan fingerprint density at radius 3 is 2.71 bits per heavy atom. The van der Waals surface area contributed by atoms with Gasteiger partial charge in [0.05, 0.1) is 12.4 Å². The molecular formula is C14H14N2O5. The van der Waals surface area contributed by atoms with Gasteiger partial charge in [0.2, 0.25) is 0 Å². The molecule has 0 saturated carbocycles. The molecule has 1 aromatic heterocycles. The van der Waals surface area contributed by atoms with Gasteiger partial charge >= 0.3 is 11.9 Å². The number of hydrogen-bond donors (Lipinski definition) is 1. The van der Waals surface area contributed by atoms with Gasteiger partial charge in [0.25, 0.3) is 0 Å². The van der Waals surface area contributed by atoms with Gasteiger partial charge in [0.1, 0.15) is 13.2 Å². The van der Waals surface area contributed by atoms with E-state index in [-0.39, 0.29) is 19.8 Å². The summed E-state index contributed by atoms with van der Waals surface area (Å²) >= 11 is 0. The Morgan fingerprint density at radius 2 is 2.00 bits per heavy atom. The summed E-state index contributed by atoms with van der Waals surface area (Å²) in [6.45, 7) is -0.339. The fraction of sp³-hybridized carbons (Fsp3) is 0.214. The average molecular weight is 290 g/mol. The predicted octanol–water partition coefficient (Wildman–Crippen LogP) is 1.09. The molecule has 1 heterocycles. The third-order valence-electron chi connectivity index (χ3n) is 2.51. The molecule has 7 heteroatoms. The summed E-state index contributed by atoms with van der Waals surface area (Å²) in [5.41, 5.74) is 0.889. The fourth-order valence-corrected chi connectivity index (χ4v) is 1.57. The molecule has 0 aliphatic heterocycles. The minimum absolute atomic E-state index is 0.182. The van der Waals surface area contributed by atoms with Crippen molar-refractivity contribution in [3.8, 4) is 5.75 Å². The van der Waals surface area contributed by atoms with Crippen molar-refractivity contribution in [1.29, 1.82) is 0 Å². The number of rotatable bonds is 7. The van der Waals surface area contributed by atoms with Gasteiger partial charge in [-0.3, -0.25) is 9.48 Å². The molecule has 0 spiro atoms. The van der Waals surface area contributed by atoms with Crippen LogP contribution in [0.1, 0.15) is 5.56 Å². The maximum absolute atomic E-state index is 11.5. The first-order chi connectivity index (χ1) is 10.1. The van der Waals surface area contributed by atoms with Crippen LogP contribution in [0.5, 0.6) is 5.75 Å². The van der Waals surface area contributed by atoms with Gasteiger partial charge in [-0.2, -0.15) is 5.10 Å². The van der Waals surface area contributed by atoms with Crippen LogP contribution in [0.25, 0.3) is 0 Å². The van der Waals surface area contributed by atoms with Crippen molar-refractivity contribution in [2.24, 2.45) is 0 Å². The molecule has 0 radical (unpaired) electrons. The maximum atomic E-state index is 11.5. The highest BCUT2D eigenvalue weighted by atomic mass is 16.6. The van der Waals surface area contributed by atoms with Crippen LogP contribution in [0.3, 0.4) is 0 Å². The Kier molecular flexibility index (Phi) is 4.92. The van der Waals surface area contributed by atoms with Crippen molar-refractivity contribution in [3.63, 3.8) is 0 Å². The molecule has 2 rings (SSSR count). The zero-order valence-corrected chi connectivity index (χ0v) is 11.1. The summed E-state index contributed by atoms with van der Waals surface area (Å²) in [6, 6.07) is 9.30. The first-order valence-corrected chi connectivity index (χ1v) is 6.20. The maximum Gasteiger partial charge on any atom is 0.344 e. The van der Waals surface area contributed by atoms with E-state index >= 15 is 0 Å². The van der Waals surface area contributed by atoms with Gasteiger partial charge in [-0.05, 0) is 5.56 Å². The van der Waals surface area contributed by atoms with Gasteiger partial charge in [-0.25, -0.2) is 4.79 Å². The molecule has 21 heavy (non-hydrogen) atoms. The second-order valence-electron chi connectivity index (χ2n) is 4.20. The minimum atomic E-state index is -1.01. The van der Waals surface area contributed by atoms with Crippen LogP contribution in [0.2, 0.25) is 0 Å². The SMILES string of the molecule is O=C(O)Cn1cc(OCC(=O)OCc2ccccc2)cn1. The Morgan fingerprint density at radius 1 is 1.24 bits per heavy atom. The molecule has 2 aromatic rings. The van der Waals surface area contributed by atoms with E-state index in [9.17, 15) is 9.59 Å². The van der Waals surface area contributed by atoms with Crippen LogP contribution in [-0.4, -0.2) is 33.4 Å². The second kappa shape index (κ2) is 7.09. The van der Waals surface area contributed by atoms with E-state index in [0.29, 0.717) is 5.75 Å². The van der Waals surface area contributed by atoms with Crippen LogP contribution in [0.15, 0.2) is 42.7 Å². The molecule has 7 nitrogen and oxygen atoms in total. The number of carbonyl (C=O) groups excluding carboxylic acids is 1. The van der Waals surface area contributed by atoms with Crippen molar-refractivity contribution in [1.82, 2.24) is 9.78 Å². The highest BCUT2D eigenvalue weighted by Crippen LogP contribution is 2.08. The molecule has 1 aromatic carbocycles. The van der Waals surface area contributed by atoms with Gasteiger partial charge in [0, 0.05) is 0 Å². The van der Waals surface area contributed by atoms with Crippen molar-refractivity contribution < 1.29 is 24.2 Å². The molecule has 110 valence electrons. The molecule has 0 aliphatic rings. The molecule has 0 amide bonds. The highest BCUT2D eigenvalue weighted by molar-refractivity contribution is 5.71. The quantitative estimate of drug-likeness (QED) is 0.768. The standard InChI is InChI=1S/C14H14N2O5/c17-13(18)8-16-7-12(6-15-16)20-10-14(19)21-9-11-4-2-1-3-5-11/h1-7H,8-10H2,(H,17,18). The first kappa shape index (κ1) is 14.6. The second-order valence-corrected chi connectivity index (χ2v) is 4.20. The van der Waals surface area contributed by atoms with Crippen molar-refractivity contribution in [2.75, 3.05) is 6.61 Å². The molecule has 0 atom stereocenters. The predicted molar refractivity (Wildman–Crippen MR) is 71.6 cm³/mol. The Hall–Kier alpha value is -2.83. The summed E-state index contributed by atoms with van der Waals surface area (Å²) in [4.78, 5) is 22.0. The molecule has 0 bridgehead atoms. The lowest BCUT2D eigenvalue weighted by atomic mass is 10.2. The third kappa shape index (κ3) is 4.98. The van der Waals surface area contributed by atoms with Crippen LogP contribution in [-0.2, 0) is 27.5 Å². The van der Waals surface area contributed by atoms with E-state index in [1.54, 1.807) is 0 Å². The van der Waals surface area contributed by atoms with Crippen molar-refractivity contribution in [2.45, 2.75) is 13.2 Å². The van der Waals surface area contributed by atoms with Crippen LogP contribution < -0.4 is 4.74 Å². The van der Waals surface area contributed by atoms with Crippen LogP contribution in [0.4, 0.5) is 0 Å². The lowest BCUT2D eigenvalue weighted by Gasteiger charge is -2.05. The Balaban J connectivity index is 1.73. The normalized spacial score (nSPS) is 10.1. The summed E-state index contributed by atoms with van der Waals surface area (Å²) in [5.74, 6) is -1.20. The molecule has 0 saturated heterocycles. The van der Waals surface area contributed by atoms with Gasteiger partial charge in [0.15, 0.2) is 12.4 Å². The first-order valence-electron chi connectivity index (χ1n) is 6.20. The lowest BCUT2D eigenvalue weighted by Crippen LogP contribution is -2.14. The molecule has 1 N–H and O–H groups in total. The lowest BCUT2D eigenvalue weighted by molar-refractivity contribution is -0.147. The zero-order valence-electron chi connectivity index (χ0n) is 11.1. The molecular weight excluding hydrogens is 276 g/mol. The average Bonchev–Trinajstić information content (AvgIpc) is 2.91. The van der Waals surface area contributed by atoms with Gasteiger partial charge in [-0.1, -0.05) is 30.3 Å². The zero-order chi connectivity index (χ0) is 15.1. The number of carboxylic acids is 1. The van der Waals surface area contributed by atoms with Gasteiger partial charge < -0.3 is 14.6 Å². The summed E-state index contributed by atoms with van der Waals surface area (Å²) in [7, 11) is 0. The number of aliphatic carboxylic acids is 1. The van der Waals surface area contributed by atoms with E-state index in [2.05, 4.69) is 5.10 Å². The van der Waals surface area contributed by atoms with E-state index in [4.69, 9.17) is 14.6 Å². The Bertz CT molecular complexity index is 609. The number of hydrogen-bond acceptors (Lipinski definition) is 5. The van der Waals surface area contributed by atoms with E-state index < -0.39 is 11.9 Å². The summed E-state index contributed by atoms with van der Waals surface area (Å²) < 4.78 is 11.4. The fourth-order valence-electron chi connectivity index (χ4n) is 1.57. The number of aromatic nitrogens is 2. The van der Waals surface area contributed by atoms with Crippen molar-refractivity contribution >= 4 is 11.9 Å². The topological polar surface area (TPSA) is 90.7 Å². The molecule has 0 unspecified atom stereocenters. The summed E-state index contributed by atoms with van der Waals surface area (Å²) in [5, 5.41) is 12.4. The third-order valence-corrected chi connectivity index (χ3v) is 2.51. The van der Waals surface area contributed by atoms with Crippen LogP contribution in [0, 0.1) is 0 Å². The number of benzene rings is 1. The highest BCUT2D eigenvalue weighted by Gasteiger charge is 2.07. The summed E-state index contributed by atoms with van der Waals surface area (Å²) in [6.07, 6.45) is 2.74. The van der Waals surface area contributed by atoms with Gasteiger partial charge in [-0.15, -0.1) is 0 Å². The minimum Gasteiger partial charge on any atom is -0.480 e. The van der Waals surface area contributed by atoms with E-state index in [0.717, 1.165) is 5.56 Å². The largest absolute Gasteiger partial charge is 0.480 e. The van der Waals surface area contributed by atoms with Crippen LogP contribution >= 0.6 is 0 Å². The smallest absolute Gasteiger partial charge is 0.344 e. The monoisotopic (exact) mass is 290 g/mol. The number of esters is 1. The molecule has 0 aliphatic carbocycles. The number of carbonyl (C=O) groups is 2.